The van der Waals surface area contributed by atoms with Gasteiger partial charge in [-0.05, 0) is 29.8 Å². The molecule has 0 aliphatic carbocycles. The molecule has 0 radical (unpaired) electrons. The maximum absolute atomic E-state index is 12.6. The van der Waals surface area contributed by atoms with E-state index in [1.807, 2.05) is 12.1 Å². The number of benzene rings is 2. The van der Waals surface area contributed by atoms with E-state index in [0.717, 1.165) is 42.7 Å². The number of carbonyl (C=O) groups is 2. The monoisotopic (exact) mass is 556 g/mol. The van der Waals surface area contributed by atoms with E-state index in [1.165, 1.54) is 13.1 Å². The maximum atomic E-state index is 12.6. The average Bonchev–Trinajstić information content (AvgIpc) is 3.21. The van der Waals surface area contributed by atoms with Gasteiger partial charge in [0, 0.05) is 62.6 Å². The normalized spacial score (nSPS) is 17.4. The predicted molar refractivity (Wildman–Crippen MR) is 132 cm³/mol. The quantitative estimate of drug-likeness (QED) is 0.380. The van der Waals surface area contributed by atoms with Gasteiger partial charge in [0.2, 0.25) is 5.91 Å². The van der Waals surface area contributed by atoms with Gasteiger partial charge in [-0.25, -0.2) is 4.79 Å². The molecule has 4 rings (SSSR count). The standard InChI is InChI=1S/C26H28ClF3N2O6/c1-31-23(34)11-16-2-4-20(37-24(35)26(28,29)30)12-22(16)36-15-19(33)14-32-8-6-25(7-9-32)13-17-10-18(27)3-5-21(17)38-25/h2-5,10,12,19,33H,6-9,11,13-15H2,1H3,(H,31,34)/t19-/m0/s1. The summed E-state index contributed by atoms with van der Waals surface area (Å²) >= 11 is 6.11. The number of rotatable bonds is 8. The zero-order valence-corrected chi connectivity index (χ0v) is 21.4. The first-order chi connectivity index (χ1) is 18.0. The number of likely N-dealkylation sites (N-methyl/N-ethyl adjacent to an activating group) is 1. The smallest absolute Gasteiger partial charge is 0.490 e. The molecule has 0 saturated carbocycles. The Labute approximate surface area is 222 Å². The second kappa shape index (κ2) is 11.4. The molecule has 2 heterocycles. The fourth-order valence-electron chi connectivity index (χ4n) is 4.67. The summed E-state index contributed by atoms with van der Waals surface area (Å²) in [7, 11) is 1.44. The molecule has 0 aromatic heterocycles. The number of likely N-dealkylation sites (tertiary alicyclic amines) is 1. The Kier molecular flexibility index (Phi) is 8.39. The van der Waals surface area contributed by atoms with Crippen LogP contribution in [0.5, 0.6) is 17.2 Å². The van der Waals surface area contributed by atoms with Gasteiger partial charge in [0.1, 0.15) is 35.6 Å². The van der Waals surface area contributed by atoms with E-state index in [0.29, 0.717) is 30.2 Å². The van der Waals surface area contributed by atoms with Crippen LogP contribution in [0.2, 0.25) is 5.02 Å². The van der Waals surface area contributed by atoms with Crippen LogP contribution in [0, 0.1) is 0 Å². The molecule has 2 aliphatic heterocycles. The molecule has 2 aliphatic rings. The van der Waals surface area contributed by atoms with Gasteiger partial charge < -0.3 is 29.5 Å². The van der Waals surface area contributed by atoms with Crippen molar-refractivity contribution in [2.45, 2.75) is 43.6 Å². The Balaban J connectivity index is 1.32. The van der Waals surface area contributed by atoms with Gasteiger partial charge in [0.15, 0.2) is 0 Å². The fraction of sp³-hybridized carbons (Fsp3) is 0.462. The van der Waals surface area contributed by atoms with Gasteiger partial charge in [0.25, 0.3) is 0 Å². The van der Waals surface area contributed by atoms with E-state index >= 15 is 0 Å². The Morgan fingerprint density at radius 3 is 2.63 bits per heavy atom. The lowest BCUT2D eigenvalue weighted by molar-refractivity contribution is -0.189. The number of carbonyl (C=O) groups excluding carboxylic acids is 2. The van der Waals surface area contributed by atoms with E-state index in [4.69, 9.17) is 21.1 Å². The second-order valence-electron chi connectivity index (χ2n) is 9.49. The number of esters is 1. The van der Waals surface area contributed by atoms with Crippen molar-refractivity contribution in [2.75, 3.05) is 33.3 Å². The number of hydrogen-bond acceptors (Lipinski definition) is 7. The molecule has 1 amide bonds. The van der Waals surface area contributed by atoms with Crippen LogP contribution in [0.4, 0.5) is 13.2 Å². The lowest BCUT2D eigenvalue weighted by Gasteiger charge is -2.39. The minimum atomic E-state index is -5.16. The molecule has 38 heavy (non-hydrogen) atoms. The SMILES string of the molecule is CNC(=O)Cc1ccc(OC(=O)C(F)(F)F)cc1OC[C@@H](O)CN1CCC2(CC1)Cc1cc(Cl)ccc1O2. The first-order valence-corrected chi connectivity index (χ1v) is 12.5. The zero-order chi connectivity index (χ0) is 27.5. The van der Waals surface area contributed by atoms with Crippen molar-refractivity contribution < 1.29 is 42.1 Å². The number of fused-ring (bicyclic) bond motifs is 1. The van der Waals surface area contributed by atoms with Crippen LogP contribution < -0.4 is 19.5 Å². The van der Waals surface area contributed by atoms with E-state index in [1.54, 1.807) is 6.07 Å². The third kappa shape index (κ3) is 6.89. The molecule has 12 heteroatoms. The molecule has 206 valence electrons. The third-order valence-electron chi connectivity index (χ3n) is 6.64. The largest absolute Gasteiger partial charge is 0.491 e. The number of piperidine rings is 1. The number of ether oxygens (including phenoxy) is 3. The molecule has 1 saturated heterocycles. The summed E-state index contributed by atoms with van der Waals surface area (Å²) in [4.78, 5) is 25.1. The van der Waals surface area contributed by atoms with Crippen molar-refractivity contribution in [3.63, 3.8) is 0 Å². The van der Waals surface area contributed by atoms with Crippen molar-refractivity contribution >= 4 is 23.5 Å². The molecule has 2 aromatic carbocycles. The van der Waals surface area contributed by atoms with Crippen molar-refractivity contribution in [3.8, 4) is 17.2 Å². The molecule has 1 spiro atoms. The Bertz CT molecular complexity index is 1180. The van der Waals surface area contributed by atoms with Crippen LogP contribution in [0.3, 0.4) is 0 Å². The van der Waals surface area contributed by atoms with Gasteiger partial charge in [0.05, 0.1) is 6.42 Å². The first kappa shape index (κ1) is 28.0. The Morgan fingerprint density at radius 2 is 1.95 bits per heavy atom. The minimum Gasteiger partial charge on any atom is -0.490 e. The molecule has 8 nitrogen and oxygen atoms in total. The lowest BCUT2D eigenvalue weighted by Crippen LogP contribution is -2.49. The number of aliphatic hydroxyl groups is 1. The lowest BCUT2D eigenvalue weighted by atomic mass is 9.87. The number of hydrogen-bond donors (Lipinski definition) is 2. The molecule has 2 aromatic rings. The summed E-state index contributed by atoms with van der Waals surface area (Å²) in [6.45, 7) is 1.52. The van der Waals surface area contributed by atoms with Crippen molar-refractivity contribution in [3.05, 3.63) is 52.5 Å². The zero-order valence-electron chi connectivity index (χ0n) is 20.6. The molecule has 0 unspecified atom stereocenters. The van der Waals surface area contributed by atoms with E-state index in [-0.39, 0.29) is 30.3 Å². The first-order valence-electron chi connectivity index (χ1n) is 12.1. The number of nitrogens with zero attached hydrogens (tertiary/aromatic N) is 1. The number of halogens is 4. The summed E-state index contributed by atoms with van der Waals surface area (Å²) in [5.41, 5.74) is 1.17. The number of amides is 1. The molecule has 2 N–H and O–H groups in total. The van der Waals surface area contributed by atoms with Gasteiger partial charge in [-0.1, -0.05) is 17.7 Å². The van der Waals surface area contributed by atoms with Gasteiger partial charge >= 0.3 is 12.1 Å². The summed E-state index contributed by atoms with van der Waals surface area (Å²) in [6.07, 6.45) is -3.86. The molecule has 1 atom stereocenters. The predicted octanol–water partition coefficient (Wildman–Crippen LogP) is 3.31. The van der Waals surface area contributed by atoms with Gasteiger partial charge in [-0.3, -0.25) is 4.79 Å². The highest BCUT2D eigenvalue weighted by molar-refractivity contribution is 6.30. The minimum absolute atomic E-state index is 0.0357. The van der Waals surface area contributed by atoms with Crippen molar-refractivity contribution in [1.82, 2.24) is 10.2 Å². The highest BCUT2D eigenvalue weighted by Crippen LogP contribution is 2.42. The highest BCUT2D eigenvalue weighted by atomic mass is 35.5. The van der Waals surface area contributed by atoms with E-state index in [9.17, 15) is 27.9 Å². The van der Waals surface area contributed by atoms with Crippen molar-refractivity contribution in [2.24, 2.45) is 0 Å². The maximum Gasteiger partial charge on any atom is 0.491 e. The number of alkyl halides is 3. The molecular weight excluding hydrogens is 529 g/mol. The number of β-amino-alcohol motifs (C(OH)–C–C–N with tert-alkyl or cyclic N) is 1. The van der Waals surface area contributed by atoms with Crippen LogP contribution in [0.1, 0.15) is 24.0 Å². The fourth-order valence-corrected chi connectivity index (χ4v) is 4.86. The Hall–Kier alpha value is -3.02. The van der Waals surface area contributed by atoms with E-state index < -0.39 is 24.0 Å². The molecule has 1 fully saturated rings. The molecule has 0 bridgehead atoms. The average molecular weight is 557 g/mol. The van der Waals surface area contributed by atoms with Gasteiger partial charge in [-0.2, -0.15) is 13.2 Å². The third-order valence-corrected chi connectivity index (χ3v) is 6.87. The van der Waals surface area contributed by atoms with Crippen molar-refractivity contribution in [1.29, 1.82) is 0 Å². The van der Waals surface area contributed by atoms with Crippen LogP contribution in [-0.2, 0) is 22.4 Å². The summed E-state index contributed by atoms with van der Waals surface area (Å²) in [6, 6.07) is 9.20. The molecular formula is C26H28ClF3N2O6. The number of nitrogens with one attached hydrogen (secondary N) is 1. The summed E-state index contributed by atoms with van der Waals surface area (Å²) in [5, 5.41) is 13.7. The second-order valence-corrected chi connectivity index (χ2v) is 9.92. The highest BCUT2D eigenvalue weighted by Gasteiger charge is 2.43. The topological polar surface area (TPSA) is 97.3 Å². The van der Waals surface area contributed by atoms with Crippen LogP contribution in [0.15, 0.2) is 36.4 Å². The Morgan fingerprint density at radius 1 is 1.21 bits per heavy atom. The van der Waals surface area contributed by atoms with Crippen LogP contribution >= 0.6 is 11.6 Å². The van der Waals surface area contributed by atoms with Crippen LogP contribution in [0.25, 0.3) is 0 Å². The van der Waals surface area contributed by atoms with Gasteiger partial charge in [-0.15, -0.1) is 0 Å². The summed E-state index contributed by atoms with van der Waals surface area (Å²) in [5.74, 6) is -2.22. The number of aliphatic hydroxyl groups excluding tert-OH is 1. The van der Waals surface area contributed by atoms with E-state index in [2.05, 4.69) is 15.0 Å². The van der Waals surface area contributed by atoms with Crippen LogP contribution in [-0.4, -0.2) is 73.1 Å². The summed E-state index contributed by atoms with van der Waals surface area (Å²) < 4.78 is 54.0.